The average molecular weight is 358 g/mol. The smallest absolute Gasteiger partial charge is 0.0679 e. The number of hydrogen-bond donors (Lipinski definition) is 3. The minimum Gasteiger partial charge on any atom is -0.392 e. The summed E-state index contributed by atoms with van der Waals surface area (Å²) < 4.78 is 0. The van der Waals surface area contributed by atoms with E-state index in [9.17, 15) is 10.2 Å². The molecule has 0 aromatic rings. The predicted molar refractivity (Wildman–Crippen MR) is 106 cm³/mol. The van der Waals surface area contributed by atoms with Crippen LogP contribution < -0.4 is 5.73 Å². The first-order valence-electron chi connectivity index (χ1n) is 7.92. The molecule has 0 fully saturated rings. The number of aliphatic hydroxyl groups excluding tert-OH is 2. The van der Waals surface area contributed by atoms with E-state index in [4.69, 9.17) is 5.73 Å². The van der Waals surface area contributed by atoms with Crippen LogP contribution in [0.5, 0.6) is 0 Å². The number of aliphatic hydroxyl groups is 2. The summed E-state index contributed by atoms with van der Waals surface area (Å²) in [6.07, 6.45) is 4.31. The number of rotatable bonds is 13. The quantitative estimate of drug-likeness (QED) is 0.424. The molecule has 0 aliphatic heterocycles. The number of nitrogens with zero attached hydrogens (tertiary/aromatic N) is 2. The average Bonchev–Trinajstić information content (AvgIpc) is 2.35. The molecule has 5 nitrogen and oxygen atoms in total. The number of hydrogen-bond acceptors (Lipinski definition) is 5. The van der Waals surface area contributed by atoms with Crippen molar-refractivity contribution in [3.63, 3.8) is 0 Å². The zero-order valence-electron chi connectivity index (χ0n) is 14.6. The van der Waals surface area contributed by atoms with Crippen molar-refractivity contribution in [1.29, 1.82) is 0 Å². The molecule has 0 aliphatic rings. The van der Waals surface area contributed by atoms with Crippen molar-refractivity contribution in [2.24, 2.45) is 5.73 Å². The third-order valence-corrected chi connectivity index (χ3v) is 3.50. The van der Waals surface area contributed by atoms with Crippen LogP contribution in [0.2, 0.25) is 0 Å². The van der Waals surface area contributed by atoms with Crippen LogP contribution in [-0.4, -0.2) is 79.0 Å². The fraction of sp³-hybridized carbons (Fsp3) is 1.00. The molecule has 0 spiro atoms. The van der Waals surface area contributed by atoms with Crippen molar-refractivity contribution < 1.29 is 10.2 Å². The van der Waals surface area contributed by atoms with Crippen molar-refractivity contribution in [1.82, 2.24) is 9.80 Å². The van der Waals surface area contributed by atoms with Gasteiger partial charge in [0.2, 0.25) is 0 Å². The van der Waals surface area contributed by atoms with Crippen LogP contribution >= 0.6 is 27.0 Å². The Morgan fingerprint density at radius 1 is 0.864 bits per heavy atom. The molecule has 0 heterocycles. The van der Waals surface area contributed by atoms with E-state index in [0.717, 1.165) is 45.3 Å². The maximum Gasteiger partial charge on any atom is 0.0679 e. The van der Waals surface area contributed by atoms with Gasteiger partial charge < -0.3 is 25.7 Å². The van der Waals surface area contributed by atoms with E-state index >= 15 is 0 Å². The highest BCUT2D eigenvalue weighted by Crippen LogP contribution is 2.01. The Hall–Kier alpha value is 0.500. The molecular weight excluding hydrogens is 318 g/mol. The van der Waals surface area contributed by atoms with E-state index in [0.29, 0.717) is 19.5 Å². The lowest BCUT2D eigenvalue weighted by atomic mass is 10.2. The summed E-state index contributed by atoms with van der Waals surface area (Å²) in [6, 6.07) is 0. The zero-order valence-corrected chi connectivity index (χ0v) is 16.6. The lowest BCUT2D eigenvalue weighted by Crippen LogP contribution is -2.32. The largest absolute Gasteiger partial charge is 0.392 e. The van der Waals surface area contributed by atoms with Crippen LogP contribution in [0, 0.1) is 0 Å². The van der Waals surface area contributed by atoms with Gasteiger partial charge in [0.15, 0.2) is 0 Å². The number of unbranched alkanes of at least 4 members (excludes halogenated alkanes) is 1. The summed E-state index contributed by atoms with van der Waals surface area (Å²) in [5.41, 5.74) is 5.42. The Bertz CT molecular complexity index is 205. The standard InChI is InChI=1S/C15H35N3O2.2H2S/c1-4-7-14(19)12-17(2)10-5-6-11-18(3)13-15(20)8-9-16;;/h14-15,19-20H,4-13,16H2,1-3H3;2*1H2/t14-,15-;;/m0../s1. The van der Waals surface area contributed by atoms with Gasteiger partial charge in [-0.2, -0.15) is 27.0 Å². The van der Waals surface area contributed by atoms with Gasteiger partial charge in [0.25, 0.3) is 0 Å². The van der Waals surface area contributed by atoms with E-state index in [1.165, 1.54) is 0 Å². The summed E-state index contributed by atoms with van der Waals surface area (Å²) in [7, 11) is 4.10. The Labute approximate surface area is 151 Å². The highest BCUT2D eigenvalue weighted by atomic mass is 32.1. The summed E-state index contributed by atoms with van der Waals surface area (Å²) >= 11 is 0. The van der Waals surface area contributed by atoms with Gasteiger partial charge >= 0.3 is 0 Å². The van der Waals surface area contributed by atoms with Gasteiger partial charge in [0.1, 0.15) is 0 Å². The van der Waals surface area contributed by atoms with Gasteiger partial charge in [-0.15, -0.1) is 0 Å². The highest BCUT2D eigenvalue weighted by Gasteiger charge is 2.08. The molecule has 0 aromatic carbocycles. The van der Waals surface area contributed by atoms with Crippen molar-refractivity contribution >= 4 is 27.0 Å². The van der Waals surface area contributed by atoms with Crippen LogP contribution in [-0.2, 0) is 0 Å². The summed E-state index contributed by atoms with van der Waals surface area (Å²) in [5, 5.41) is 19.4. The first kappa shape index (κ1) is 27.4. The molecule has 0 unspecified atom stereocenters. The van der Waals surface area contributed by atoms with Crippen molar-refractivity contribution in [3.8, 4) is 0 Å². The third kappa shape index (κ3) is 16.9. The molecule has 0 amide bonds. The van der Waals surface area contributed by atoms with Crippen molar-refractivity contribution in [3.05, 3.63) is 0 Å². The molecule has 7 heteroatoms. The van der Waals surface area contributed by atoms with Crippen LogP contribution in [0.15, 0.2) is 0 Å². The second kappa shape index (κ2) is 17.8. The minimum atomic E-state index is -0.308. The SMILES string of the molecule is CCC[C@H](O)CN(C)CCCCN(C)C[C@@H](O)CCN.S.S. The Morgan fingerprint density at radius 3 is 1.64 bits per heavy atom. The summed E-state index contributed by atoms with van der Waals surface area (Å²) in [5.74, 6) is 0. The van der Waals surface area contributed by atoms with E-state index in [2.05, 4.69) is 23.8 Å². The van der Waals surface area contributed by atoms with Crippen LogP contribution in [0.3, 0.4) is 0 Å². The lowest BCUT2D eigenvalue weighted by Gasteiger charge is -2.22. The van der Waals surface area contributed by atoms with Gasteiger partial charge in [0, 0.05) is 13.1 Å². The Morgan fingerprint density at radius 2 is 1.27 bits per heavy atom. The second-order valence-electron chi connectivity index (χ2n) is 5.91. The second-order valence-corrected chi connectivity index (χ2v) is 5.91. The minimum absolute atomic E-state index is 0. The predicted octanol–water partition coefficient (Wildman–Crippen LogP) is 0.726. The summed E-state index contributed by atoms with van der Waals surface area (Å²) in [6.45, 7) is 6.10. The molecule has 0 bridgehead atoms. The fourth-order valence-corrected chi connectivity index (χ4v) is 2.37. The normalized spacial score (nSPS) is 13.6. The maximum atomic E-state index is 9.73. The Balaban J connectivity index is -0.00000180. The molecule has 0 aromatic heterocycles. The van der Waals surface area contributed by atoms with Crippen LogP contribution in [0.4, 0.5) is 0 Å². The fourth-order valence-electron chi connectivity index (χ4n) is 2.37. The van der Waals surface area contributed by atoms with Gasteiger partial charge in [0.05, 0.1) is 12.2 Å². The van der Waals surface area contributed by atoms with Gasteiger partial charge in [-0.05, 0) is 59.4 Å². The molecule has 138 valence electrons. The summed E-state index contributed by atoms with van der Waals surface area (Å²) in [4.78, 5) is 4.36. The molecular formula is C15H39N3O2S2. The maximum absolute atomic E-state index is 9.73. The Kier molecular flexibility index (Phi) is 22.2. The van der Waals surface area contributed by atoms with Crippen molar-refractivity contribution in [2.75, 3.05) is 46.8 Å². The van der Waals surface area contributed by atoms with E-state index in [1.54, 1.807) is 0 Å². The molecule has 0 saturated heterocycles. The van der Waals surface area contributed by atoms with Gasteiger partial charge in [-0.1, -0.05) is 13.3 Å². The number of nitrogens with two attached hydrogens (primary N) is 1. The monoisotopic (exact) mass is 357 g/mol. The third-order valence-electron chi connectivity index (χ3n) is 3.50. The first-order chi connectivity index (χ1) is 9.49. The van der Waals surface area contributed by atoms with Crippen LogP contribution in [0.1, 0.15) is 39.0 Å². The molecule has 4 N–H and O–H groups in total. The van der Waals surface area contributed by atoms with E-state index < -0.39 is 0 Å². The molecule has 0 rings (SSSR count). The molecule has 0 saturated carbocycles. The highest BCUT2D eigenvalue weighted by molar-refractivity contribution is 7.59. The molecule has 2 atom stereocenters. The van der Waals surface area contributed by atoms with Crippen molar-refractivity contribution in [2.45, 2.75) is 51.2 Å². The van der Waals surface area contributed by atoms with Gasteiger partial charge in [-0.3, -0.25) is 0 Å². The molecule has 22 heavy (non-hydrogen) atoms. The van der Waals surface area contributed by atoms with Gasteiger partial charge in [-0.25, -0.2) is 0 Å². The lowest BCUT2D eigenvalue weighted by molar-refractivity contribution is 0.111. The first-order valence-corrected chi connectivity index (χ1v) is 7.92. The zero-order chi connectivity index (χ0) is 15.4. The molecule has 0 aliphatic carbocycles. The van der Waals surface area contributed by atoms with E-state index in [-0.39, 0.29) is 39.2 Å². The van der Waals surface area contributed by atoms with Crippen LogP contribution in [0.25, 0.3) is 0 Å². The molecule has 0 radical (unpaired) electrons. The number of likely N-dealkylation sites (N-methyl/N-ethyl adjacent to an activating group) is 2. The topological polar surface area (TPSA) is 73.0 Å². The van der Waals surface area contributed by atoms with E-state index in [1.807, 2.05) is 7.05 Å².